The van der Waals surface area contributed by atoms with E-state index in [-0.39, 0.29) is 12.4 Å². The molecule has 0 saturated carbocycles. The van der Waals surface area contributed by atoms with Crippen LogP contribution in [0, 0.1) is 0 Å². The summed E-state index contributed by atoms with van der Waals surface area (Å²) in [7, 11) is 0. The molecule has 0 aliphatic carbocycles. The van der Waals surface area contributed by atoms with Gasteiger partial charge in [-0.25, -0.2) is 0 Å². The maximum Gasteiger partial charge on any atom is 0.416 e. The van der Waals surface area contributed by atoms with E-state index >= 15 is 0 Å². The number of aliphatic hydroxyl groups is 1. The molecule has 0 aliphatic heterocycles. The average molecular weight is 234 g/mol. The molecule has 16 heavy (non-hydrogen) atoms. The average Bonchev–Trinajstić information content (AvgIpc) is 2.25. The molecule has 0 heterocycles. The number of rotatable bonds is 4. The Morgan fingerprint density at radius 2 is 2.06 bits per heavy atom. The Labute approximate surface area is 91.7 Å². The van der Waals surface area contributed by atoms with Crippen LogP contribution >= 0.6 is 0 Å². The third kappa shape index (κ3) is 3.41. The summed E-state index contributed by atoms with van der Waals surface area (Å²) in [5.41, 5.74) is -0.752. The minimum Gasteiger partial charge on any atom is -0.488 e. The number of benzene rings is 1. The summed E-state index contributed by atoms with van der Waals surface area (Å²) in [4.78, 5) is 0. The molecule has 1 aromatic rings. The first-order valence-corrected chi connectivity index (χ1v) is 4.92. The van der Waals surface area contributed by atoms with Crippen LogP contribution in [0.4, 0.5) is 13.2 Å². The molecule has 0 bridgehead atoms. The van der Waals surface area contributed by atoms with Crippen LogP contribution in [-0.4, -0.2) is 17.8 Å². The molecule has 1 aromatic carbocycles. The number of hydrogen-bond donors (Lipinski definition) is 1. The molecule has 1 N–H and O–H groups in total. The molecule has 5 heteroatoms. The maximum atomic E-state index is 12.4. The van der Waals surface area contributed by atoms with Gasteiger partial charge in [0.15, 0.2) is 0 Å². The van der Waals surface area contributed by atoms with Gasteiger partial charge >= 0.3 is 6.18 Å². The second kappa shape index (κ2) is 5.21. The van der Waals surface area contributed by atoms with Crippen LogP contribution in [0.25, 0.3) is 0 Å². The van der Waals surface area contributed by atoms with E-state index < -0.39 is 17.8 Å². The summed E-state index contributed by atoms with van der Waals surface area (Å²) in [5, 5.41) is 8.87. The van der Waals surface area contributed by atoms with Crippen molar-refractivity contribution < 1.29 is 23.0 Å². The minimum atomic E-state index is -4.37. The van der Waals surface area contributed by atoms with Crippen molar-refractivity contribution in [2.75, 3.05) is 6.61 Å². The first kappa shape index (κ1) is 12.8. The molecule has 1 unspecified atom stereocenters. The number of halogens is 3. The molecule has 0 radical (unpaired) electrons. The highest BCUT2D eigenvalue weighted by molar-refractivity contribution is 5.30. The predicted molar refractivity (Wildman–Crippen MR) is 53.2 cm³/mol. The highest BCUT2D eigenvalue weighted by atomic mass is 19.4. The SMILES string of the molecule is CCC(CO)Oc1cccc(C(F)(F)F)c1. The highest BCUT2D eigenvalue weighted by Crippen LogP contribution is 2.31. The number of alkyl halides is 3. The highest BCUT2D eigenvalue weighted by Gasteiger charge is 2.30. The lowest BCUT2D eigenvalue weighted by molar-refractivity contribution is -0.137. The van der Waals surface area contributed by atoms with Gasteiger partial charge < -0.3 is 9.84 Å². The number of aliphatic hydroxyl groups excluding tert-OH is 1. The van der Waals surface area contributed by atoms with Crippen molar-refractivity contribution in [2.24, 2.45) is 0 Å². The van der Waals surface area contributed by atoms with Gasteiger partial charge in [-0.15, -0.1) is 0 Å². The fourth-order valence-corrected chi connectivity index (χ4v) is 1.19. The lowest BCUT2D eigenvalue weighted by Gasteiger charge is -2.16. The van der Waals surface area contributed by atoms with Crippen molar-refractivity contribution >= 4 is 0 Å². The second-order valence-corrected chi connectivity index (χ2v) is 3.36. The van der Waals surface area contributed by atoms with Gasteiger partial charge in [-0.3, -0.25) is 0 Å². The van der Waals surface area contributed by atoms with Gasteiger partial charge in [0, 0.05) is 0 Å². The van der Waals surface area contributed by atoms with Gasteiger partial charge in [0.25, 0.3) is 0 Å². The zero-order valence-electron chi connectivity index (χ0n) is 8.79. The van der Waals surface area contributed by atoms with Crippen molar-refractivity contribution in [1.29, 1.82) is 0 Å². The van der Waals surface area contributed by atoms with E-state index in [0.29, 0.717) is 6.42 Å². The first-order valence-electron chi connectivity index (χ1n) is 4.92. The van der Waals surface area contributed by atoms with E-state index in [9.17, 15) is 13.2 Å². The van der Waals surface area contributed by atoms with Crippen LogP contribution in [0.2, 0.25) is 0 Å². The lowest BCUT2D eigenvalue weighted by atomic mass is 10.2. The standard InChI is InChI=1S/C11H13F3O2/c1-2-9(7-15)16-10-5-3-4-8(6-10)11(12,13)14/h3-6,9,15H,2,7H2,1H3. The van der Waals surface area contributed by atoms with E-state index in [4.69, 9.17) is 9.84 Å². The Balaban J connectivity index is 2.82. The quantitative estimate of drug-likeness (QED) is 0.868. The normalized spacial score (nSPS) is 13.6. The zero-order valence-corrected chi connectivity index (χ0v) is 8.79. The molecule has 1 atom stereocenters. The third-order valence-electron chi connectivity index (χ3n) is 2.12. The van der Waals surface area contributed by atoms with Crippen molar-refractivity contribution in [2.45, 2.75) is 25.6 Å². The minimum absolute atomic E-state index is 0.121. The summed E-state index contributed by atoms with van der Waals surface area (Å²) >= 11 is 0. The molecule has 0 saturated heterocycles. The second-order valence-electron chi connectivity index (χ2n) is 3.36. The van der Waals surface area contributed by atoms with Crippen LogP contribution in [0.3, 0.4) is 0 Å². The van der Waals surface area contributed by atoms with Gasteiger partial charge in [-0.1, -0.05) is 13.0 Å². The molecule has 0 aliphatic rings. The smallest absolute Gasteiger partial charge is 0.416 e. The van der Waals surface area contributed by atoms with Crippen LogP contribution < -0.4 is 4.74 Å². The van der Waals surface area contributed by atoms with Gasteiger partial charge in [-0.2, -0.15) is 13.2 Å². The van der Waals surface area contributed by atoms with E-state index in [2.05, 4.69) is 0 Å². The molecule has 0 spiro atoms. The van der Waals surface area contributed by atoms with Crippen LogP contribution in [0.15, 0.2) is 24.3 Å². The van der Waals surface area contributed by atoms with Gasteiger partial charge in [0.05, 0.1) is 12.2 Å². The van der Waals surface area contributed by atoms with Crippen LogP contribution in [-0.2, 0) is 6.18 Å². The number of hydrogen-bond acceptors (Lipinski definition) is 2. The molecule has 2 nitrogen and oxygen atoms in total. The predicted octanol–water partition coefficient (Wildman–Crippen LogP) is 2.86. The van der Waals surface area contributed by atoms with E-state index in [0.717, 1.165) is 12.1 Å². The molecule has 1 rings (SSSR count). The Hall–Kier alpha value is -1.23. The molecular formula is C11H13F3O2. The molecular weight excluding hydrogens is 221 g/mol. The molecule has 0 fully saturated rings. The van der Waals surface area contributed by atoms with Crippen molar-refractivity contribution in [3.63, 3.8) is 0 Å². The molecule has 90 valence electrons. The van der Waals surface area contributed by atoms with Crippen LogP contribution in [0.1, 0.15) is 18.9 Å². The fraction of sp³-hybridized carbons (Fsp3) is 0.455. The Morgan fingerprint density at radius 1 is 1.38 bits per heavy atom. The van der Waals surface area contributed by atoms with Gasteiger partial charge in [0.1, 0.15) is 11.9 Å². The number of ether oxygens (including phenoxy) is 1. The van der Waals surface area contributed by atoms with Gasteiger partial charge in [-0.05, 0) is 24.6 Å². The van der Waals surface area contributed by atoms with Crippen LogP contribution in [0.5, 0.6) is 5.75 Å². The Bertz CT molecular complexity index is 332. The Morgan fingerprint density at radius 3 is 2.56 bits per heavy atom. The van der Waals surface area contributed by atoms with Crippen molar-refractivity contribution in [1.82, 2.24) is 0 Å². The monoisotopic (exact) mass is 234 g/mol. The summed E-state index contributed by atoms with van der Waals surface area (Å²) in [6.45, 7) is 1.57. The maximum absolute atomic E-state index is 12.4. The van der Waals surface area contributed by atoms with E-state index in [1.807, 2.05) is 0 Å². The first-order chi connectivity index (χ1) is 7.47. The van der Waals surface area contributed by atoms with E-state index in [1.165, 1.54) is 12.1 Å². The largest absolute Gasteiger partial charge is 0.488 e. The van der Waals surface area contributed by atoms with Gasteiger partial charge in [0.2, 0.25) is 0 Å². The lowest BCUT2D eigenvalue weighted by Crippen LogP contribution is -2.20. The Kier molecular flexibility index (Phi) is 4.18. The summed E-state index contributed by atoms with van der Waals surface area (Å²) in [6.07, 6.45) is -4.31. The zero-order chi connectivity index (χ0) is 12.2. The fourth-order valence-electron chi connectivity index (χ4n) is 1.19. The molecule has 0 amide bonds. The molecule has 0 aromatic heterocycles. The summed E-state index contributed by atoms with van der Waals surface area (Å²) in [6, 6.07) is 4.63. The van der Waals surface area contributed by atoms with Crippen molar-refractivity contribution in [3.8, 4) is 5.75 Å². The van der Waals surface area contributed by atoms with Crippen molar-refractivity contribution in [3.05, 3.63) is 29.8 Å². The summed E-state index contributed by atoms with van der Waals surface area (Å²) in [5.74, 6) is 0.121. The third-order valence-corrected chi connectivity index (χ3v) is 2.12. The summed E-state index contributed by atoms with van der Waals surface area (Å²) < 4.78 is 42.3. The topological polar surface area (TPSA) is 29.5 Å². The van der Waals surface area contributed by atoms with E-state index in [1.54, 1.807) is 6.92 Å².